The molecule has 0 saturated heterocycles. The molecule has 0 spiro atoms. The van der Waals surface area contributed by atoms with Crippen LogP contribution in [0.15, 0.2) is 47.6 Å². The first-order valence-electron chi connectivity index (χ1n) is 8.89. The van der Waals surface area contributed by atoms with E-state index in [4.69, 9.17) is 0 Å². The summed E-state index contributed by atoms with van der Waals surface area (Å²) in [5.41, 5.74) is 2.92. The highest BCUT2D eigenvalue weighted by molar-refractivity contribution is 8.76. The zero-order valence-corrected chi connectivity index (χ0v) is 17.3. The molecule has 0 aliphatic rings. The maximum Gasteiger partial charge on any atom is 0.251 e. The van der Waals surface area contributed by atoms with Crippen LogP contribution < -0.4 is 10.6 Å². The van der Waals surface area contributed by atoms with E-state index in [0.29, 0.717) is 31.5 Å². The van der Waals surface area contributed by atoms with E-state index in [1.165, 1.54) is 5.56 Å². The van der Waals surface area contributed by atoms with Gasteiger partial charge >= 0.3 is 0 Å². The van der Waals surface area contributed by atoms with Crippen molar-refractivity contribution in [3.05, 3.63) is 59.3 Å². The van der Waals surface area contributed by atoms with Gasteiger partial charge in [-0.1, -0.05) is 22.9 Å². The lowest BCUT2D eigenvalue weighted by molar-refractivity contribution is -0.121. The molecule has 27 heavy (non-hydrogen) atoms. The fourth-order valence-electron chi connectivity index (χ4n) is 2.25. The Balaban J connectivity index is 1.52. The fraction of sp³-hybridized carbons (Fsp3) is 0.350. The van der Waals surface area contributed by atoms with Crippen LogP contribution >= 0.6 is 21.6 Å². The van der Waals surface area contributed by atoms with Gasteiger partial charge in [-0.15, -0.1) is 0 Å². The van der Waals surface area contributed by atoms with Gasteiger partial charge in [0.25, 0.3) is 5.91 Å². The number of hydrogen-bond donors (Lipinski definition) is 2. The zero-order valence-electron chi connectivity index (χ0n) is 15.7. The predicted octanol–water partition coefficient (Wildman–Crippen LogP) is 3.77. The molecule has 5 nitrogen and oxygen atoms in total. The van der Waals surface area contributed by atoms with Crippen molar-refractivity contribution in [2.45, 2.75) is 31.7 Å². The van der Waals surface area contributed by atoms with Crippen LogP contribution in [-0.2, 0) is 4.79 Å². The minimum Gasteiger partial charge on any atom is -0.355 e. The van der Waals surface area contributed by atoms with Gasteiger partial charge < -0.3 is 10.6 Å². The highest BCUT2D eigenvalue weighted by Gasteiger charge is 2.07. The number of aromatic nitrogens is 1. The largest absolute Gasteiger partial charge is 0.355 e. The first kappa shape index (κ1) is 21.3. The standard InChI is InChI=1S/C20H25N3O2S2/c1-15-8-9-17(14-16(15)2)20(25)23-11-5-6-18(24)21-12-13-26-27-19-7-3-4-10-22-19/h3-4,7-10,14H,5-6,11-13H2,1-2H3,(H,21,24)(H,23,25). The molecule has 0 fully saturated rings. The van der Waals surface area contributed by atoms with E-state index in [2.05, 4.69) is 15.6 Å². The maximum absolute atomic E-state index is 12.1. The number of aryl methyl sites for hydroxylation is 2. The summed E-state index contributed by atoms with van der Waals surface area (Å²) in [5, 5.41) is 6.72. The number of carbonyl (C=O) groups is 2. The third kappa shape index (κ3) is 8.05. The Labute approximate surface area is 168 Å². The lowest BCUT2D eigenvalue weighted by Gasteiger charge is -2.08. The number of hydrogen-bond acceptors (Lipinski definition) is 5. The number of rotatable bonds is 10. The molecule has 0 saturated carbocycles. The minimum atomic E-state index is -0.0959. The Kier molecular flexibility index (Phi) is 9.21. The summed E-state index contributed by atoms with van der Waals surface area (Å²) < 4.78 is 0. The predicted molar refractivity (Wildman–Crippen MR) is 113 cm³/mol. The second kappa shape index (κ2) is 11.7. The van der Waals surface area contributed by atoms with Crippen LogP contribution in [0.5, 0.6) is 0 Å². The Morgan fingerprint density at radius 1 is 1.04 bits per heavy atom. The van der Waals surface area contributed by atoms with E-state index in [0.717, 1.165) is 16.3 Å². The van der Waals surface area contributed by atoms with Crippen molar-refractivity contribution in [2.24, 2.45) is 0 Å². The lowest BCUT2D eigenvalue weighted by atomic mass is 10.1. The van der Waals surface area contributed by atoms with Crippen molar-refractivity contribution in [3.63, 3.8) is 0 Å². The summed E-state index contributed by atoms with van der Waals surface area (Å²) in [5.74, 6) is 0.733. The molecule has 2 aromatic rings. The first-order valence-corrected chi connectivity index (χ1v) is 11.2. The van der Waals surface area contributed by atoms with E-state index >= 15 is 0 Å². The number of pyridine rings is 1. The second-order valence-electron chi connectivity index (χ2n) is 6.08. The van der Waals surface area contributed by atoms with Gasteiger partial charge in [0.15, 0.2) is 0 Å². The summed E-state index contributed by atoms with van der Waals surface area (Å²) in [6, 6.07) is 11.5. The van der Waals surface area contributed by atoms with Crippen molar-refractivity contribution in [2.75, 3.05) is 18.8 Å². The Morgan fingerprint density at radius 2 is 1.89 bits per heavy atom. The normalized spacial score (nSPS) is 10.4. The van der Waals surface area contributed by atoms with Crippen LogP contribution in [0.25, 0.3) is 0 Å². The SMILES string of the molecule is Cc1ccc(C(=O)NCCCC(=O)NCCSSc2ccccn2)cc1C. The number of amides is 2. The van der Waals surface area contributed by atoms with Crippen LogP contribution in [0, 0.1) is 13.8 Å². The van der Waals surface area contributed by atoms with Crippen LogP contribution in [-0.4, -0.2) is 35.6 Å². The average Bonchev–Trinajstić information content (AvgIpc) is 2.67. The van der Waals surface area contributed by atoms with E-state index < -0.39 is 0 Å². The van der Waals surface area contributed by atoms with E-state index in [9.17, 15) is 9.59 Å². The number of nitrogens with one attached hydrogen (secondary N) is 2. The maximum atomic E-state index is 12.1. The molecule has 0 aliphatic carbocycles. The molecule has 0 atom stereocenters. The summed E-state index contributed by atoms with van der Waals surface area (Å²) in [7, 11) is 3.27. The minimum absolute atomic E-state index is 0.0128. The number of carbonyl (C=O) groups excluding carboxylic acids is 2. The van der Waals surface area contributed by atoms with E-state index in [-0.39, 0.29) is 11.8 Å². The first-order chi connectivity index (χ1) is 13.1. The molecule has 144 valence electrons. The molecule has 0 bridgehead atoms. The highest BCUT2D eigenvalue weighted by atomic mass is 33.1. The van der Waals surface area contributed by atoms with Crippen molar-refractivity contribution in [3.8, 4) is 0 Å². The highest BCUT2D eigenvalue weighted by Crippen LogP contribution is 2.28. The third-order valence-corrected chi connectivity index (χ3v) is 6.19. The fourth-order valence-corrected chi connectivity index (χ4v) is 4.04. The smallest absolute Gasteiger partial charge is 0.251 e. The average molecular weight is 404 g/mol. The van der Waals surface area contributed by atoms with Gasteiger partial charge in [0.2, 0.25) is 5.91 Å². The molecule has 1 aromatic carbocycles. The monoisotopic (exact) mass is 403 g/mol. The Hall–Kier alpha value is -1.99. The molecule has 1 heterocycles. The molecule has 0 unspecified atom stereocenters. The van der Waals surface area contributed by atoms with Gasteiger partial charge in [-0.2, -0.15) is 0 Å². The van der Waals surface area contributed by atoms with Crippen LogP contribution in [0.2, 0.25) is 0 Å². The van der Waals surface area contributed by atoms with Crippen LogP contribution in [0.4, 0.5) is 0 Å². The summed E-state index contributed by atoms with van der Waals surface area (Å²) in [4.78, 5) is 28.1. The van der Waals surface area contributed by atoms with Gasteiger partial charge in [-0.25, -0.2) is 4.98 Å². The van der Waals surface area contributed by atoms with Crippen molar-refractivity contribution in [1.82, 2.24) is 15.6 Å². The molecule has 0 aliphatic heterocycles. The summed E-state index contributed by atoms with van der Waals surface area (Å²) in [6.45, 7) is 5.12. The van der Waals surface area contributed by atoms with Crippen molar-refractivity contribution < 1.29 is 9.59 Å². The van der Waals surface area contributed by atoms with Crippen molar-refractivity contribution in [1.29, 1.82) is 0 Å². The van der Waals surface area contributed by atoms with Gasteiger partial charge in [-0.05, 0) is 66.5 Å². The topological polar surface area (TPSA) is 71.1 Å². The Morgan fingerprint density at radius 3 is 2.63 bits per heavy atom. The molecule has 2 rings (SSSR count). The molecular formula is C20H25N3O2S2. The summed E-state index contributed by atoms with van der Waals surface area (Å²) >= 11 is 0. The van der Waals surface area contributed by atoms with Crippen LogP contribution in [0.1, 0.15) is 34.3 Å². The quantitative estimate of drug-likeness (QED) is 0.467. The molecule has 0 radical (unpaired) electrons. The molecule has 2 N–H and O–H groups in total. The van der Waals surface area contributed by atoms with E-state index in [1.807, 2.05) is 50.2 Å². The van der Waals surface area contributed by atoms with E-state index in [1.54, 1.807) is 27.8 Å². The lowest BCUT2D eigenvalue weighted by Crippen LogP contribution is -2.28. The van der Waals surface area contributed by atoms with Crippen LogP contribution in [0.3, 0.4) is 0 Å². The van der Waals surface area contributed by atoms with Gasteiger partial charge in [0, 0.05) is 37.0 Å². The third-order valence-electron chi connectivity index (χ3n) is 3.92. The second-order valence-corrected chi connectivity index (χ2v) is 8.52. The zero-order chi connectivity index (χ0) is 19.5. The van der Waals surface area contributed by atoms with Gasteiger partial charge in [0.1, 0.15) is 5.03 Å². The number of nitrogens with zero attached hydrogens (tertiary/aromatic N) is 1. The number of benzene rings is 1. The van der Waals surface area contributed by atoms with Gasteiger partial charge in [-0.3, -0.25) is 9.59 Å². The molecule has 1 aromatic heterocycles. The summed E-state index contributed by atoms with van der Waals surface area (Å²) in [6.07, 6.45) is 2.80. The Bertz CT molecular complexity index is 754. The van der Waals surface area contributed by atoms with Gasteiger partial charge in [0.05, 0.1) is 0 Å². The molecular weight excluding hydrogens is 378 g/mol. The van der Waals surface area contributed by atoms with Crippen molar-refractivity contribution >= 4 is 33.4 Å². The molecule has 2 amide bonds. The molecule has 7 heteroatoms.